The Labute approximate surface area is 313 Å². The Kier molecular flexibility index (Phi) is 5.68. The number of rotatable bonds is 0. The quantitative estimate of drug-likeness (QED) is 0.152. The summed E-state index contributed by atoms with van der Waals surface area (Å²) in [6.45, 7) is 0. The molecule has 12 bridgehead atoms. The molecule has 0 N–H and O–H groups in total. The zero-order chi connectivity index (χ0) is 36.5. The molecule has 13 aromatic heterocycles. The fraction of sp³-hybridized carbons (Fsp3) is 0. The van der Waals surface area contributed by atoms with E-state index in [9.17, 15) is 0 Å². The first-order valence-electron chi connectivity index (χ1n) is 18.3. The van der Waals surface area contributed by atoms with Crippen LogP contribution in [-0.2, 0) is 0 Å². The number of benzene rings is 6. The van der Waals surface area contributed by atoms with Crippen molar-refractivity contribution in [2.45, 2.75) is 0 Å². The molecular weight excluding hydrogens is 697 g/mol. The third-order valence-electron chi connectivity index (χ3n) is 11.2. The van der Waals surface area contributed by atoms with E-state index < -0.39 is 0 Å². The van der Waals surface area contributed by atoms with Crippen LogP contribution < -0.4 is 0 Å². The lowest BCUT2D eigenvalue weighted by atomic mass is 9.99. The van der Waals surface area contributed by atoms with Crippen LogP contribution in [0.4, 0.5) is 0 Å². The lowest BCUT2D eigenvalue weighted by Gasteiger charge is -2.06. The second kappa shape index (κ2) is 10.8. The van der Waals surface area contributed by atoms with E-state index in [0.29, 0.717) is 22.7 Å². The molecule has 0 aliphatic heterocycles. The molecule has 10 heteroatoms. The second-order valence-corrected chi connectivity index (χ2v) is 14.1. The minimum atomic E-state index is 0.574. The van der Waals surface area contributed by atoms with Gasteiger partial charge >= 0.3 is 0 Å². The van der Waals surface area contributed by atoms with Gasteiger partial charge in [-0.2, -0.15) is 0 Å². The Morgan fingerprint density at radius 2 is 0.786 bits per heavy atom. The third-order valence-corrected chi connectivity index (χ3v) is 11.2. The normalized spacial score (nSPS) is 12.3. The van der Waals surface area contributed by atoms with Crippen LogP contribution in [-0.4, -0.2) is 39.1 Å². The van der Waals surface area contributed by atoms with Crippen molar-refractivity contribution < 1.29 is 9.05 Å². The van der Waals surface area contributed by atoms with Crippen molar-refractivity contribution in [1.82, 2.24) is 39.1 Å². The highest BCUT2D eigenvalue weighted by Crippen LogP contribution is 2.35. The lowest BCUT2D eigenvalue weighted by Crippen LogP contribution is -1.90. The SMILES string of the molecule is c1cc2cccc3c4ccc(cc4)n4c5cnc(nc5c5cnoc54)c4cccc5cccc(c6ncc7c(n6)c6cnoc6n7c6ccc(cc6)c(c1)c23)c54. The molecule has 19 aromatic rings. The molecule has 10 nitrogen and oxygen atoms in total. The van der Waals surface area contributed by atoms with Crippen molar-refractivity contribution in [2.75, 3.05) is 0 Å². The minimum absolute atomic E-state index is 0.574. The van der Waals surface area contributed by atoms with Crippen LogP contribution >= 0.6 is 0 Å². The number of fused-ring (bicyclic) bond motifs is 2. The van der Waals surface area contributed by atoms with Gasteiger partial charge in [0.05, 0.1) is 46.6 Å². The standard InChI is InChI=1S/C46H24N8O2/c1-5-27-6-2-10-32-26-15-19-30(20-16-26)54-38-24-48-44(52-42(38)36-22-50-56-46(36)54)34-12-4-8-28-7-3-11-33(40(28)34)43-47-23-37-41(51-43)35-21-49-55-45(35)53(37)29-17-13-25(14-18-29)31(9-1)39(27)32/h1-24H. The zero-order valence-electron chi connectivity index (χ0n) is 29.3. The number of aromatic nitrogens is 8. The van der Waals surface area contributed by atoms with Crippen LogP contribution in [0, 0.1) is 0 Å². The van der Waals surface area contributed by atoms with E-state index in [4.69, 9.17) is 29.0 Å². The summed E-state index contributed by atoms with van der Waals surface area (Å²) in [7, 11) is 0. The molecule has 0 unspecified atom stereocenters. The highest BCUT2D eigenvalue weighted by molar-refractivity contribution is 6.20. The van der Waals surface area contributed by atoms with Gasteiger partial charge in [-0.3, -0.25) is 8.80 Å². The highest BCUT2D eigenvalue weighted by atomic mass is 16.5. The molecule has 0 saturated heterocycles. The van der Waals surface area contributed by atoms with Gasteiger partial charge < -0.3 is 9.05 Å². The minimum Gasteiger partial charge on any atom is -0.337 e. The van der Waals surface area contributed by atoms with Gasteiger partial charge in [-0.25, -0.2) is 19.9 Å². The van der Waals surface area contributed by atoms with Gasteiger partial charge in [0.1, 0.15) is 11.0 Å². The summed E-state index contributed by atoms with van der Waals surface area (Å²) in [4.78, 5) is 20.4. The van der Waals surface area contributed by atoms with Crippen molar-refractivity contribution in [3.05, 3.63) is 146 Å². The van der Waals surface area contributed by atoms with Crippen molar-refractivity contribution in [2.24, 2.45) is 0 Å². The average Bonchev–Trinajstić information content (AvgIpc) is 4.05. The van der Waals surface area contributed by atoms with Crippen LogP contribution in [0.3, 0.4) is 0 Å². The fourth-order valence-electron chi connectivity index (χ4n) is 8.70. The molecule has 0 spiro atoms. The Bertz CT molecular complexity index is 3680. The molecule has 19 rings (SSSR count). The first-order valence-corrected chi connectivity index (χ1v) is 18.3. The average molecular weight is 721 g/mol. The van der Waals surface area contributed by atoms with E-state index in [2.05, 4.69) is 107 Å². The molecular formula is C46H24N8O2. The van der Waals surface area contributed by atoms with Gasteiger partial charge in [0.2, 0.25) is 11.4 Å². The Morgan fingerprint density at radius 1 is 0.375 bits per heavy atom. The van der Waals surface area contributed by atoms with Gasteiger partial charge in [-0.05, 0) is 62.0 Å². The molecule has 0 aliphatic rings. The smallest absolute Gasteiger partial charge is 0.245 e. The first kappa shape index (κ1) is 29.5. The molecule has 13 heterocycles. The van der Waals surface area contributed by atoms with Crippen LogP contribution in [0.1, 0.15) is 0 Å². The van der Waals surface area contributed by atoms with Gasteiger partial charge in [0.15, 0.2) is 11.3 Å². The molecule has 0 atom stereocenters. The van der Waals surface area contributed by atoms with Gasteiger partial charge in [-0.1, -0.05) is 107 Å². The third kappa shape index (κ3) is 3.93. The highest BCUT2D eigenvalue weighted by Gasteiger charge is 2.18. The number of nitrogens with zero attached hydrogens (tertiary/aromatic N) is 8. The molecule has 0 aliphatic carbocycles. The van der Waals surface area contributed by atoms with Gasteiger partial charge in [0, 0.05) is 27.2 Å². The summed E-state index contributed by atoms with van der Waals surface area (Å²) < 4.78 is 15.9. The maximum Gasteiger partial charge on any atom is 0.245 e. The van der Waals surface area contributed by atoms with Crippen molar-refractivity contribution >= 4 is 120 Å². The monoisotopic (exact) mass is 720 g/mol. The maximum atomic E-state index is 5.89. The van der Waals surface area contributed by atoms with Crippen LogP contribution in [0.25, 0.3) is 120 Å². The number of hydrogen-bond donors (Lipinski definition) is 0. The van der Waals surface area contributed by atoms with E-state index >= 15 is 0 Å². The Morgan fingerprint density at radius 3 is 1.23 bits per heavy atom. The van der Waals surface area contributed by atoms with Crippen molar-refractivity contribution in [3.8, 4) is 0 Å². The van der Waals surface area contributed by atoms with E-state index in [1.165, 1.54) is 5.39 Å². The largest absolute Gasteiger partial charge is 0.337 e. The second-order valence-electron chi connectivity index (χ2n) is 14.1. The molecule has 56 heavy (non-hydrogen) atoms. The van der Waals surface area contributed by atoms with E-state index in [0.717, 1.165) is 92.3 Å². The van der Waals surface area contributed by atoms with E-state index in [1.54, 1.807) is 12.4 Å². The lowest BCUT2D eigenvalue weighted by molar-refractivity contribution is 0.447. The summed E-state index contributed by atoms with van der Waals surface area (Å²) in [6, 6.07) is 42.4. The summed E-state index contributed by atoms with van der Waals surface area (Å²) in [5, 5.41) is 20.5. The zero-order valence-corrected chi connectivity index (χ0v) is 29.3. The maximum absolute atomic E-state index is 5.89. The Hall–Kier alpha value is -7.98. The molecule has 0 radical (unpaired) electrons. The summed E-state index contributed by atoms with van der Waals surface area (Å²) in [5.41, 5.74) is 7.32. The predicted octanol–water partition coefficient (Wildman–Crippen LogP) is 11.0. The molecule has 0 fully saturated rings. The topological polar surface area (TPSA) is 112 Å². The summed E-state index contributed by atoms with van der Waals surface area (Å²) in [6.07, 6.45) is 7.20. The molecule has 6 aromatic carbocycles. The summed E-state index contributed by atoms with van der Waals surface area (Å²) >= 11 is 0. The first-order chi connectivity index (χ1) is 27.8. The van der Waals surface area contributed by atoms with Crippen LogP contribution in [0.2, 0.25) is 0 Å². The van der Waals surface area contributed by atoms with Gasteiger partial charge in [-0.15, -0.1) is 0 Å². The van der Waals surface area contributed by atoms with Crippen molar-refractivity contribution in [3.63, 3.8) is 0 Å². The summed E-state index contributed by atoms with van der Waals surface area (Å²) in [5.74, 6) is 0. The molecule has 0 amide bonds. The predicted molar refractivity (Wildman–Crippen MR) is 221 cm³/mol. The molecule has 0 saturated carbocycles. The molecule has 260 valence electrons. The van der Waals surface area contributed by atoms with E-state index in [1.807, 2.05) is 45.5 Å². The van der Waals surface area contributed by atoms with E-state index in [-0.39, 0.29) is 0 Å². The van der Waals surface area contributed by atoms with Crippen LogP contribution in [0.15, 0.2) is 155 Å². The van der Waals surface area contributed by atoms with Crippen molar-refractivity contribution in [1.29, 1.82) is 0 Å². The van der Waals surface area contributed by atoms with Crippen LogP contribution in [0.5, 0.6) is 0 Å². The number of hydrogen-bond acceptors (Lipinski definition) is 8. The Balaban J connectivity index is 1.26. The fourth-order valence-corrected chi connectivity index (χ4v) is 8.70. The van der Waals surface area contributed by atoms with Gasteiger partial charge in [0.25, 0.3) is 0 Å².